The minimum Gasteiger partial charge on any atom is -0.491 e. The highest BCUT2D eigenvalue weighted by Crippen LogP contribution is 2.45. The molecular formula is C26H38F2O3. The van der Waals surface area contributed by atoms with Crippen molar-refractivity contribution in [3.05, 3.63) is 29.3 Å². The number of aliphatic hydroxyl groups excluding tert-OH is 1. The van der Waals surface area contributed by atoms with Crippen LogP contribution in [0.1, 0.15) is 89.5 Å². The van der Waals surface area contributed by atoms with E-state index in [4.69, 9.17) is 9.47 Å². The summed E-state index contributed by atoms with van der Waals surface area (Å²) in [5.74, 6) is 0.361. The molecule has 0 bridgehead atoms. The molecule has 0 amide bonds. The van der Waals surface area contributed by atoms with E-state index in [-0.39, 0.29) is 23.7 Å². The predicted octanol–water partition coefficient (Wildman–Crippen LogP) is 6.58. The molecule has 31 heavy (non-hydrogen) atoms. The Morgan fingerprint density at radius 3 is 2.23 bits per heavy atom. The van der Waals surface area contributed by atoms with Crippen LogP contribution in [-0.4, -0.2) is 24.1 Å². The highest BCUT2D eigenvalue weighted by Gasteiger charge is 2.40. The molecule has 4 rings (SSSR count). The summed E-state index contributed by atoms with van der Waals surface area (Å²) in [6.07, 6.45) is 10.1. The lowest BCUT2D eigenvalue weighted by molar-refractivity contribution is -0.221. The van der Waals surface area contributed by atoms with Crippen LogP contribution >= 0.6 is 0 Å². The van der Waals surface area contributed by atoms with Gasteiger partial charge in [0, 0.05) is 5.92 Å². The molecule has 0 aromatic heterocycles. The molecule has 3 nitrogen and oxygen atoms in total. The van der Waals surface area contributed by atoms with Crippen molar-refractivity contribution in [2.24, 2.45) is 23.7 Å². The van der Waals surface area contributed by atoms with Crippen LogP contribution in [0.25, 0.3) is 0 Å². The van der Waals surface area contributed by atoms with Crippen molar-refractivity contribution < 1.29 is 23.4 Å². The first-order valence-electron chi connectivity index (χ1n) is 12.4. The van der Waals surface area contributed by atoms with Gasteiger partial charge in [-0.05, 0) is 93.6 Å². The fraction of sp³-hybridized carbons (Fsp3) is 0.769. The molecule has 174 valence electrons. The van der Waals surface area contributed by atoms with Gasteiger partial charge in [-0.25, -0.2) is 4.39 Å². The Bertz CT molecular complexity index is 724. The van der Waals surface area contributed by atoms with Crippen LogP contribution in [-0.2, 0) is 4.74 Å². The van der Waals surface area contributed by atoms with E-state index < -0.39 is 17.9 Å². The van der Waals surface area contributed by atoms with Gasteiger partial charge in [0.2, 0.25) is 5.82 Å². The third-order valence-electron chi connectivity index (χ3n) is 8.25. The standard InChI is InChI=1S/C26H38F2O3/c1-3-30-23-15-12-20(24(27)25(23)28)17-8-10-18(11-9-17)21-13-14-22(31-26(21)29)19-6-4-16(2)5-7-19/h12,15-19,21-22,26,29H,3-11,13-14H2,1-2H3. The average Bonchev–Trinajstić information content (AvgIpc) is 2.78. The van der Waals surface area contributed by atoms with Crippen LogP contribution in [0.4, 0.5) is 8.78 Å². The van der Waals surface area contributed by atoms with Crippen LogP contribution in [0.5, 0.6) is 5.75 Å². The minimum atomic E-state index is -0.874. The monoisotopic (exact) mass is 436 g/mol. The summed E-state index contributed by atoms with van der Waals surface area (Å²) in [4.78, 5) is 0. The highest BCUT2D eigenvalue weighted by atomic mass is 19.2. The van der Waals surface area contributed by atoms with E-state index in [1.165, 1.54) is 25.7 Å². The number of benzene rings is 1. The van der Waals surface area contributed by atoms with E-state index in [1.54, 1.807) is 19.1 Å². The topological polar surface area (TPSA) is 38.7 Å². The van der Waals surface area contributed by atoms with E-state index in [2.05, 4.69) is 6.92 Å². The Morgan fingerprint density at radius 2 is 1.58 bits per heavy atom. The lowest BCUT2D eigenvalue weighted by atomic mass is 9.70. The molecule has 1 aromatic rings. The van der Waals surface area contributed by atoms with Gasteiger partial charge >= 0.3 is 0 Å². The van der Waals surface area contributed by atoms with Gasteiger partial charge in [0.1, 0.15) is 0 Å². The van der Waals surface area contributed by atoms with Gasteiger partial charge in [0.15, 0.2) is 17.9 Å². The van der Waals surface area contributed by atoms with E-state index in [1.807, 2.05) is 0 Å². The van der Waals surface area contributed by atoms with Gasteiger partial charge in [-0.15, -0.1) is 0 Å². The molecule has 1 heterocycles. The van der Waals surface area contributed by atoms with Gasteiger partial charge in [-0.3, -0.25) is 0 Å². The fourth-order valence-corrected chi connectivity index (χ4v) is 6.31. The van der Waals surface area contributed by atoms with Crippen LogP contribution in [0.3, 0.4) is 0 Å². The molecule has 3 atom stereocenters. The summed E-state index contributed by atoms with van der Waals surface area (Å²) < 4.78 is 40.2. The minimum absolute atomic E-state index is 0.0121. The number of hydrogen-bond acceptors (Lipinski definition) is 3. The Hall–Kier alpha value is -1.20. The van der Waals surface area contributed by atoms with Gasteiger partial charge in [0.25, 0.3) is 0 Å². The normalized spacial score (nSPS) is 36.9. The SMILES string of the molecule is CCOc1ccc(C2CCC(C3CCC(C4CCC(C)CC4)OC3O)CC2)c(F)c1F. The first-order chi connectivity index (χ1) is 15.0. The largest absolute Gasteiger partial charge is 0.491 e. The summed E-state index contributed by atoms with van der Waals surface area (Å²) in [5.41, 5.74) is 0.464. The first-order valence-corrected chi connectivity index (χ1v) is 12.4. The fourth-order valence-electron chi connectivity index (χ4n) is 6.31. The lowest BCUT2D eigenvalue weighted by Crippen LogP contribution is -2.43. The maximum atomic E-state index is 14.6. The van der Waals surface area contributed by atoms with Gasteiger partial charge in [-0.1, -0.05) is 25.8 Å². The smallest absolute Gasteiger partial charge is 0.200 e. The summed E-state index contributed by atoms with van der Waals surface area (Å²) in [7, 11) is 0. The van der Waals surface area contributed by atoms with E-state index >= 15 is 0 Å². The zero-order valence-corrected chi connectivity index (χ0v) is 19.0. The number of aliphatic hydroxyl groups is 1. The highest BCUT2D eigenvalue weighted by molar-refractivity contribution is 5.33. The molecule has 2 saturated carbocycles. The Balaban J connectivity index is 1.31. The number of hydrogen-bond donors (Lipinski definition) is 1. The van der Waals surface area contributed by atoms with Crippen molar-refractivity contribution in [3.63, 3.8) is 0 Å². The van der Waals surface area contributed by atoms with Crippen LogP contribution < -0.4 is 4.74 Å². The van der Waals surface area contributed by atoms with Crippen LogP contribution in [0.2, 0.25) is 0 Å². The van der Waals surface area contributed by atoms with Crippen molar-refractivity contribution >= 4 is 0 Å². The molecule has 0 spiro atoms. The molecule has 5 heteroatoms. The molecule has 1 aliphatic heterocycles. The van der Waals surface area contributed by atoms with E-state index in [0.717, 1.165) is 44.4 Å². The zero-order valence-electron chi connectivity index (χ0n) is 19.0. The van der Waals surface area contributed by atoms with Crippen molar-refractivity contribution in [1.29, 1.82) is 0 Å². The molecule has 3 aliphatic rings. The van der Waals surface area contributed by atoms with Crippen molar-refractivity contribution in [1.82, 2.24) is 0 Å². The molecule has 2 aliphatic carbocycles. The van der Waals surface area contributed by atoms with Crippen LogP contribution in [0.15, 0.2) is 12.1 Å². The zero-order chi connectivity index (χ0) is 22.0. The van der Waals surface area contributed by atoms with E-state index in [0.29, 0.717) is 24.0 Å². The van der Waals surface area contributed by atoms with Crippen molar-refractivity contribution in [2.45, 2.75) is 96.4 Å². The summed E-state index contributed by atoms with van der Waals surface area (Å²) in [5, 5.41) is 10.8. The molecule has 0 radical (unpaired) electrons. The second-order valence-electron chi connectivity index (χ2n) is 10.2. The van der Waals surface area contributed by atoms with E-state index in [9.17, 15) is 13.9 Å². The number of rotatable bonds is 5. The summed E-state index contributed by atoms with van der Waals surface area (Å²) >= 11 is 0. The van der Waals surface area contributed by atoms with Gasteiger partial charge in [-0.2, -0.15) is 4.39 Å². The molecule has 3 fully saturated rings. The lowest BCUT2D eigenvalue weighted by Gasteiger charge is -2.43. The van der Waals surface area contributed by atoms with Crippen LogP contribution in [0, 0.1) is 35.3 Å². The Kier molecular flexibility index (Phi) is 7.53. The maximum Gasteiger partial charge on any atom is 0.200 e. The molecular weight excluding hydrogens is 398 g/mol. The molecule has 1 N–H and O–H groups in total. The van der Waals surface area contributed by atoms with Gasteiger partial charge in [0.05, 0.1) is 12.7 Å². The van der Waals surface area contributed by atoms with Gasteiger partial charge < -0.3 is 14.6 Å². The van der Waals surface area contributed by atoms with Crippen molar-refractivity contribution in [2.75, 3.05) is 6.61 Å². The second kappa shape index (κ2) is 10.2. The molecule has 1 saturated heterocycles. The van der Waals surface area contributed by atoms with Crippen molar-refractivity contribution in [3.8, 4) is 5.75 Å². The summed E-state index contributed by atoms with van der Waals surface area (Å²) in [6.45, 7) is 4.40. The maximum absolute atomic E-state index is 14.6. The third-order valence-corrected chi connectivity index (χ3v) is 8.25. The molecule has 3 unspecified atom stereocenters. The second-order valence-corrected chi connectivity index (χ2v) is 10.2. The predicted molar refractivity (Wildman–Crippen MR) is 117 cm³/mol. The third kappa shape index (κ3) is 5.08. The quantitative estimate of drug-likeness (QED) is 0.567. The summed E-state index contributed by atoms with van der Waals surface area (Å²) in [6, 6.07) is 3.23. The molecule has 1 aromatic carbocycles. The Morgan fingerprint density at radius 1 is 0.903 bits per heavy atom. The number of halogens is 2. The average molecular weight is 437 g/mol. The first kappa shape index (κ1) is 23.0. The number of ether oxygens (including phenoxy) is 2. The Labute approximate surface area is 185 Å².